The monoisotopic (exact) mass is 191 g/mol. The maximum Gasteiger partial charge on any atom is 0.257 e. The van der Waals surface area contributed by atoms with Crippen LogP contribution in [0.25, 0.3) is 0 Å². The van der Waals surface area contributed by atoms with E-state index in [4.69, 9.17) is 0 Å². The Balaban J connectivity index is 2.10. The van der Waals surface area contributed by atoms with Gasteiger partial charge in [-0.25, -0.2) is 0 Å². The minimum Gasteiger partial charge on any atom is -0.332 e. The van der Waals surface area contributed by atoms with Gasteiger partial charge in [-0.05, 0) is 12.8 Å². The standard InChI is InChI=1S/C10H13N3O/c1-2-5-13(9-3-4-9)10(14)8-6-11-12-7-8/h2,6-7,9H,1,3-5H2,(H,11,12). The predicted molar refractivity (Wildman–Crippen MR) is 52.8 cm³/mol. The van der Waals surface area contributed by atoms with Crippen molar-refractivity contribution in [1.29, 1.82) is 0 Å². The first-order valence-electron chi connectivity index (χ1n) is 4.73. The number of H-pyrrole nitrogens is 1. The van der Waals surface area contributed by atoms with Gasteiger partial charge in [-0.15, -0.1) is 6.58 Å². The van der Waals surface area contributed by atoms with Gasteiger partial charge in [0.15, 0.2) is 0 Å². The molecule has 4 heteroatoms. The van der Waals surface area contributed by atoms with Crippen LogP contribution in [-0.4, -0.2) is 33.6 Å². The Labute approximate surface area is 82.6 Å². The second-order valence-electron chi connectivity index (χ2n) is 3.46. The molecule has 0 atom stereocenters. The maximum absolute atomic E-state index is 11.9. The Morgan fingerprint density at radius 2 is 2.57 bits per heavy atom. The van der Waals surface area contributed by atoms with E-state index in [-0.39, 0.29) is 5.91 Å². The van der Waals surface area contributed by atoms with Crippen LogP contribution in [0.5, 0.6) is 0 Å². The van der Waals surface area contributed by atoms with Gasteiger partial charge in [-0.2, -0.15) is 5.10 Å². The highest BCUT2D eigenvalue weighted by Gasteiger charge is 2.32. The molecule has 1 heterocycles. The summed E-state index contributed by atoms with van der Waals surface area (Å²) in [6, 6.07) is 0.412. The van der Waals surface area contributed by atoms with Crippen molar-refractivity contribution < 1.29 is 4.79 Å². The van der Waals surface area contributed by atoms with Crippen LogP contribution in [0, 0.1) is 0 Å². The summed E-state index contributed by atoms with van der Waals surface area (Å²) in [5.41, 5.74) is 0.624. The Hall–Kier alpha value is -1.58. The van der Waals surface area contributed by atoms with Crippen LogP contribution in [-0.2, 0) is 0 Å². The molecule has 1 aliphatic carbocycles. The highest BCUT2D eigenvalue weighted by Crippen LogP contribution is 2.27. The molecule has 0 saturated heterocycles. The topological polar surface area (TPSA) is 49.0 Å². The lowest BCUT2D eigenvalue weighted by molar-refractivity contribution is 0.0763. The summed E-state index contributed by atoms with van der Waals surface area (Å²) >= 11 is 0. The zero-order valence-electron chi connectivity index (χ0n) is 7.94. The third kappa shape index (κ3) is 1.69. The van der Waals surface area contributed by atoms with Crippen molar-refractivity contribution >= 4 is 5.91 Å². The van der Waals surface area contributed by atoms with Crippen molar-refractivity contribution in [2.24, 2.45) is 0 Å². The summed E-state index contributed by atoms with van der Waals surface area (Å²) in [5.74, 6) is 0.0427. The molecule has 4 nitrogen and oxygen atoms in total. The van der Waals surface area contributed by atoms with Crippen LogP contribution in [0.15, 0.2) is 25.0 Å². The molecule has 1 saturated carbocycles. The van der Waals surface area contributed by atoms with Crippen LogP contribution in [0.4, 0.5) is 0 Å². The first-order chi connectivity index (χ1) is 6.83. The minimum atomic E-state index is 0.0427. The van der Waals surface area contributed by atoms with Crippen LogP contribution in [0.3, 0.4) is 0 Å². The number of nitrogens with one attached hydrogen (secondary N) is 1. The third-order valence-corrected chi connectivity index (χ3v) is 2.32. The quantitative estimate of drug-likeness (QED) is 0.727. The molecule has 0 unspecified atom stereocenters. The van der Waals surface area contributed by atoms with Gasteiger partial charge < -0.3 is 4.90 Å². The van der Waals surface area contributed by atoms with Crippen LogP contribution >= 0.6 is 0 Å². The van der Waals surface area contributed by atoms with Crippen LogP contribution in [0.2, 0.25) is 0 Å². The zero-order valence-corrected chi connectivity index (χ0v) is 7.94. The van der Waals surface area contributed by atoms with E-state index in [1.54, 1.807) is 18.5 Å². The van der Waals surface area contributed by atoms with E-state index >= 15 is 0 Å². The average molecular weight is 191 g/mol. The van der Waals surface area contributed by atoms with E-state index in [1.165, 1.54) is 0 Å². The summed E-state index contributed by atoms with van der Waals surface area (Å²) in [6.45, 7) is 4.28. The second-order valence-corrected chi connectivity index (χ2v) is 3.46. The third-order valence-electron chi connectivity index (χ3n) is 2.32. The molecule has 1 amide bonds. The van der Waals surface area contributed by atoms with E-state index in [2.05, 4.69) is 16.8 Å². The van der Waals surface area contributed by atoms with Gasteiger partial charge in [0.05, 0.1) is 11.8 Å². The van der Waals surface area contributed by atoms with Crippen molar-refractivity contribution in [2.75, 3.05) is 6.54 Å². The summed E-state index contributed by atoms with van der Waals surface area (Å²) in [7, 11) is 0. The van der Waals surface area contributed by atoms with Crippen molar-refractivity contribution in [3.05, 3.63) is 30.6 Å². The molecule has 0 bridgehead atoms. The second kappa shape index (κ2) is 3.65. The molecule has 1 fully saturated rings. The van der Waals surface area contributed by atoms with Crippen molar-refractivity contribution in [3.8, 4) is 0 Å². The lowest BCUT2D eigenvalue weighted by atomic mass is 10.3. The molecule has 0 spiro atoms. The van der Waals surface area contributed by atoms with Gasteiger partial charge >= 0.3 is 0 Å². The van der Waals surface area contributed by atoms with Gasteiger partial charge in [-0.3, -0.25) is 9.89 Å². The van der Waals surface area contributed by atoms with Gasteiger partial charge in [-0.1, -0.05) is 6.08 Å². The number of aromatic amines is 1. The molecule has 14 heavy (non-hydrogen) atoms. The SMILES string of the molecule is C=CCN(C(=O)c1cn[nH]c1)C1CC1. The van der Waals surface area contributed by atoms with E-state index in [9.17, 15) is 4.79 Å². The summed E-state index contributed by atoms with van der Waals surface area (Å²) in [4.78, 5) is 13.7. The highest BCUT2D eigenvalue weighted by atomic mass is 16.2. The first kappa shape index (κ1) is 8.99. The van der Waals surface area contributed by atoms with E-state index in [1.807, 2.05) is 4.90 Å². The Morgan fingerprint density at radius 1 is 1.79 bits per heavy atom. The first-order valence-corrected chi connectivity index (χ1v) is 4.73. The lowest BCUT2D eigenvalue weighted by Gasteiger charge is -2.19. The van der Waals surface area contributed by atoms with Gasteiger partial charge in [0.2, 0.25) is 0 Å². The normalized spacial score (nSPS) is 15.1. The van der Waals surface area contributed by atoms with Crippen molar-refractivity contribution in [2.45, 2.75) is 18.9 Å². The van der Waals surface area contributed by atoms with Crippen molar-refractivity contribution in [3.63, 3.8) is 0 Å². The molecule has 1 aliphatic rings. The van der Waals surface area contributed by atoms with Crippen LogP contribution in [0.1, 0.15) is 23.2 Å². The van der Waals surface area contributed by atoms with Crippen LogP contribution < -0.4 is 0 Å². The Bertz CT molecular complexity index is 327. The fourth-order valence-electron chi connectivity index (χ4n) is 1.46. The van der Waals surface area contributed by atoms with Gasteiger partial charge in [0.25, 0.3) is 5.91 Å². The fraction of sp³-hybridized carbons (Fsp3) is 0.400. The Kier molecular flexibility index (Phi) is 2.35. The molecule has 0 aromatic carbocycles. The number of aromatic nitrogens is 2. The average Bonchev–Trinajstić information content (AvgIpc) is 2.88. The molecule has 1 aromatic rings. The lowest BCUT2D eigenvalue weighted by Crippen LogP contribution is -2.32. The molecule has 0 aliphatic heterocycles. The Morgan fingerprint density at radius 3 is 3.07 bits per heavy atom. The van der Waals surface area contributed by atoms with E-state index < -0.39 is 0 Å². The zero-order chi connectivity index (χ0) is 9.97. The highest BCUT2D eigenvalue weighted by molar-refractivity contribution is 5.94. The van der Waals surface area contributed by atoms with E-state index in [0.29, 0.717) is 18.2 Å². The summed E-state index contributed by atoms with van der Waals surface area (Å²) in [5, 5.41) is 6.41. The molecule has 74 valence electrons. The molecular formula is C10H13N3O. The number of hydrogen-bond acceptors (Lipinski definition) is 2. The molecule has 1 aromatic heterocycles. The molecule has 0 radical (unpaired) electrons. The number of amides is 1. The smallest absolute Gasteiger partial charge is 0.257 e. The van der Waals surface area contributed by atoms with Crippen molar-refractivity contribution in [1.82, 2.24) is 15.1 Å². The summed E-state index contributed by atoms with van der Waals surface area (Å²) in [6.07, 6.45) is 7.16. The number of hydrogen-bond donors (Lipinski definition) is 1. The summed E-state index contributed by atoms with van der Waals surface area (Å²) < 4.78 is 0. The van der Waals surface area contributed by atoms with Gasteiger partial charge in [0, 0.05) is 18.8 Å². The van der Waals surface area contributed by atoms with E-state index in [0.717, 1.165) is 12.8 Å². The number of nitrogens with zero attached hydrogens (tertiary/aromatic N) is 2. The molecule has 2 rings (SSSR count). The minimum absolute atomic E-state index is 0.0427. The number of carbonyl (C=O) groups is 1. The maximum atomic E-state index is 11.9. The predicted octanol–water partition coefficient (Wildman–Crippen LogP) is 1.20. The largest absolute Gasteiger partial charge is 0.332 e. The number of rotatable bonds is 4. The fourth-order valence-corrected chi connectivity index (χ4v) is 1.46. The number of carbonyl (C=O) groups excluding carboxylic acids is 1. The molecular weight excluding hydrogens is 178 g/mol. The molecule has 1 N–H and O–H groups in total. The van der Waals surface area contributed by atoms with Gasteiger partial charge in [0.1, 0.15) is 0 Å².